The molecule has 0 saturated carbocycles. The monoisotopic (exact) mass is 256 g/mol. The Kier molecular flexibility index (Phi) is 5.09. The molecule has 1 N–H and O–H groups in total. The van der Waals surface area contributed by atoms with Gasteiger partial charge in [0.25, 0.3) is 5.69 Å². The SMILES string of the molecule is CCS(=O)CCNc1ccc(C)c([N+](=O)[O-])c1. The van der Waals surface area contributed by atoms with Gasteiger partial charge in [-0.05, 0) is 13.0 Å². The van der Waals surface area contributed by atoms with Gasteiger partial charge in [-0.1, -0.05) is 13.0 Å². The van der Waals surface area contributed by atoms with Gasteiger partial charge in [-0.3, -0.25) is 14.3 Å². The molecule has 0 aliphatic rings. The lowest BCUT2D eigenvalue weighted by atomic mass is 10.2. The number of aryl methyl sites for hydroxylation is 1. The van der Waals surface area contributed by atoms with Gasteiger partial charge in [0.1, 0.15) is 0 Å². The Morgan fingerprint density at radius 3 is 2.76 bits per heavy atom. The Morgan fingerprint density at radius 2 is 2.18 bits per heavy atom. The Morgan fingerprint density at radius 1 is 1.47 bits per heavy atom. The molecule has 0 amide bonds. The molecule has 1 atom stereocenters. The zero-order valence-corrected chi connectivity index (χ0v) is 10.8. The number of benzene rings is 1. The van der Waals surface area contributed by atoms with Gasteiger partial charge in [-0.2, -0.15) is 0 Å². The summed E-state index contributed by atoms with van der Waals surface area (Å²) in [7, 11) is -0.816. The van der Waals surface area contributed by atoms with Crippen molar-refractivity contribution in [3.8, 4) is 0 Å². The minimum absolute atomic E-state index is 0.103. The summed E-state index contributed by atoms with van der Waals surface area (Å²) in [4.78, 5) is 10.3. The number of hydrogen-bond acceptors (Lipinski definition) is 4. The molecule has 0 fully saturated rings. The van der Waals surface area contributed by atoms with Gasteiger partial charge in [0.05, 0.1) is 4.92 Å². The van der Waals surface area contributed by atoms with E-state index < -0.39 is 15.7 Å². The molecule has 0 saturated heterocycles. The van der Waals surface area contributed by atoms with Crippen LogP contribution in [0.2, 0.25) is 0 Å². The standard InChI is InChI=1S/C11H16N2O3S/c1-3-17(16)7-6-12-10-5-4-9(2)11(8-10)13(14)15/h4-5,8,12H,3,6-7H2,1-2H3. The number of nitro groups is 1. The number of rotatable bonds is 6. The lowest BCUT2D eigenvalue weighted by Crippen LogP contribution is -2.12. The number of hydrogen-bond donors (Lipinski definition) is 1. The second-order valence-electron chi connectivity index (χ2n) is 3.62. The Balaban J connectivity index is 2.63. The molecule has 0 bridgehead atoms. The molecule has 94 valence electrons. The maximum Gasteiger partial charge on any atom is 0.274 e. The van der Waals surface area contributed by atoms with Crippen LogP contribution in [0.5, 0.6) is 0 Å². The van der Waals surface area contributed by atoms with E-state index in [1.807, 2.05) is 6.92 Å². The molecular weight excluding hydrogens is 240 g/mol. The van der Waals surface area contributed by atoms with Crippen molar-refractivity contribution < 1.29 is 9.13 Å². The van der Waals surface area contributed by atoms with E-state index >= 15 is 0 Å². The van der Waals surface area contributed by atoms with Crippen LogP contribution in [0.1, 0.15) is 12.5 Å². The predicted octanol–water partition coefficient (Wildman–Crippen LogP) is 2.08. The normalized spacial score (nSPS) is 12.1. The summed E-state index contributed by atoms with van der Waals surface area (Å²) in [5.74, 6) is 1.19. The van der Waals surface area contributed by atoms with Crippen LogP contribution < -0.4 is 5.32 Å². The Bertz CT molecular complexity index is 435. The third kappa shape index (κ3) is 4.14. The number of nitrogens with one attached hydrogen (secondary N) is 1. The molecule has 0 aliphatic carbocycles. The largest absolute Gasteiger partial charge is 0.384 e. The van der Waals surface area contributed by atoms with Crippen LogP contribution in [-0.4, -0.2) is 27.2 Å². The fourth-order valence-corrected chi connectivity index (χ4v) is 1.99. The van der Waals surface area contributed by atoms with Crippen LogP contribution in [0.15, 0.2) is 18.2 Å². The van der Waals surface area contributed by atoms with Gasteiger partial charge < -0.3 is 5.32 Å². The number of nitro benzene ring substituents is 1. The Labute approximate surface area is 103 Å². The van der Waals surface area contributed by atoms with Gasteiger partial charge in [0, 0.05) is 46.2 Å². The van der Waals surface area contributed by atoms with Crippen molar-refractivity contribution in [2.45, 2.75) is 13.8 Å². The smallest absolute Gasteiger partial charge is 0.274 e. The lowest BCUT2D eigenvalue weighted by Gasteiger charge is -2.06. The first-order valence-corrected chi connectivity index (χ1v) is 6.87. The number of anilines is 1. The van der Waals surface area contributed by atoms with E-state index in [9.17, 15) is 14.3 Å². The molecule has 6 heteroatoms. The molecule has 1 unspecified atom stereocenters. The minimum Gasteiger partial charge on any atom is -0.384 e. The van der Waals surface area contributed by atoms with Crippen molar-refractivity contribution in [3.63, 3.8) is 0 Å². The maximum atomic E-state index is 11.2. The van der Waals surface area contributed by atoms with Gasteiger partial charge in [0.15, 0.2) is 0 Å². The summed E-state index contributed by atoms with van der Waals surface area (Å²) in [5.41, 5.74) is 1.43. The van der Waals surface area contributed by atoms with Gasteiger partial charge >= 0.3 is 0 Å². The van der Waals surface area contributed by atoms with Crippen LogP contribution in [0.3, 0.4) is 0 Å². The highest BCUT2D eigenvalue weighted by molar-refractivity contribution is 7.84. The Hall–Kier alpha value is -1.43. The topological polar surface area (TPSA) is 72.2 Å². The van der Waals surface area contributed by atoms with Crippen LogP contribution in [0, 0.1) is 17.0 Å². The van der Waals surface area contributed by atoms with Crippen LogP contribution in [-0.2, 0) is 10.8 Å². The molecule has 1 aromatic carbocycles. The first kappa shape index (κ1) is 13.6. The van der Waals surface area contributed by atoms with E-state index in [1.165, 1.54) is 6.07 Å². The van der Waals surface area contributed by atoms with E-state index in [2.05, 4.69) is 5.32 Å². The van der Waals surface area contributed by atoms with Crippen molar-refractivity contribution >= 4 is 22.2 Å². The van der Waals surface area contributed by atoms with Crippen molar-refractivity contribution in [1.82, 2.24) is 0 Å². The first-order chi connectivity index (χ1) is 8.04. The predicted molar refractivity (Wildman–Crippen MR) is 69.9 cm³/mol. The van der Waals surface area contributed by atoms with Crippen LogP contribution >= 0.6 is 0 Å². The van der Waals surface area contributed by atoms with Crippen molar-refractivity contribution in [3.05, 3.63) is 33.9 Å². The average molecular weight is 256 g/mol. The summed E-state index contributed by atoms with van der Waals surface area (Å²) in [5, 5.41) is 13.8. The fraction of sp³-hybridized carbons (Fsp3) is 0.455. The summed E-state index contributed by atoms with van der Waals surface area (Å²) < 4.78 is 11.2. The third-order valence-electron chi connectivity index (χ3n) is 2.39. The molecule has 0 aliphatic heterocycles. The quantitative estimate of drug-likeness (QED) is 0.624. The van der Waals surface area contributed by atoms with E-state index in [1.54, 1.807) is 19.1 Å². The van der Waals surface area contributed by atoms with Crippen molar-refractivity contribution in [2.24, 2.45) is 0 Å². The molecule has 1 aromatic rings. The zero-order chi connectivity index (χ0) is 12.8. The molecule has 0 radical (unpaired) electrons. The highest BCUT2D eigenvalue weighted by atomic mass is 32.2. The average Bonchev–Trinajstić information content (AvgIpc) is 2.30. The first-order valence-electron chi connectivity index (χ1n) is 5.38. The highest BCUT2D eigenvalue weighted by Crippen LogP contribution is 2.21. The van der Waals surface area contributed by atoms with E-state index in [0.29, 0.717) is 29.3 Å². The second kappa shape index (κ2) is 6.34. The maximum absolute atomic E-state index is 11.2. The molecular formula is C11H16N2O3S. The lowest BCUT2D eigenvalue weighted by molar-refractivity contribution is -0.385. The minimum atomic E-state index is -0.816. The van der Waals surface area contributed by atoms with Gasteiger partial charge in [0.2, 0.25) is 0 Å². The van der Waals surface area contributed by atoms with E-state index in [4.69, 9.17) is 0 Å². The molecule has 5 nitrogen and oxygen atoms in total. The van der Waals surface area contributed by atoms with E-state index in [-0.39, 0.29) is 5.69 Å². The highest BCUT2D eigenvalue weighted by Gasteiger charge is 2.10. The van der Waals surface area contributed by atoms with E-state index in [0.717, 1.165) is 0 Å². The summed E-state index contributed by atoms with van der Waals surface area (Å²) >= 11 is 0. The van der Waals surface area contributed by atoms with Crippen molar-refractivity contribution in [1.29, 1.82) is 0 Å². The molecule has 0 aromatic heterocycles. The summed E-state index contributed by atoms with van der Waals surface area (Å²) in [6.07, 6.45) is 0. The second-order valence-corrected chi connectivity index (χ2v) is 5.48. The fourth-order valence-electron chi connectivity index (χ4n) is 1.37. The summed E-state index contributed by atoms with van der Waals surface area (Å²) in [6, 6.07) is 5.00. The summed E-state index contributed by atoms with van der Waals surface area (Å²) in [6.45, 7) is 4.13. The van der Waals surface area contributed by atoms with Crippen molar-refractivity contribution in [2.75, 3.05) is 23.4 Å². The molecule has 0 spiro atoms. The van der Waals surface area contributed by atoms with Gasteiger partial charge in [-0.15, -0.1) is 0 Å². The third-order valence-corrected chi connectivity index (χ3v) is 3.69. The zero-order valence-electron chi connectivity index (χ0n) is 9.93. The molecule has 17 heavy (non-hydrogen) atoms. The van der Waals surface area contributed by atoms with Crippen LogP contribution in [0.25, 0.3) is 0 Å². The molecule has 0 heterocycles. The van der Waals surface area contributed by atoms with Crippen LogP contribution in [0.4, 0.5) is 11.4 Å². The molecule has 1 rings (SSSR count). The number of nitrogens with zero attached hydrogens (tertiary/aromatic N) is 1. The van der Waals surface area contributed by atoms with Gasteiger partial charge in [-0.25, -0.2) is 0 Å².